The Morgan fingerprint density at radius 2 is 2.10 bits per heavy atom. The Kier molecular flexibility index (Phi) is 10.2. The maximum atomic E-state index is 16.5. The molecule has 0 spiro atoms. The van der Waals surface area contributed by atoms with Crippen LogP contribution in [-0.2, 0) is 16.5 Å². The van der Waals surface area contributed by atoms with E-state index in [2.05, 4.69) is 24.8 Å². The van der Waals surface area contributed by atoms with Gasteiger partial charge in [-0.1, -0.05) is 6.42 Å². The minimum absolute atomic E-state index is 0.00472. The summed E-state index contributed by atoms with van der Waals surface area (Å²) in [5.74, 6) is 2.91. The molecule has 7 nitrogen and oxygen atoms in total. The van der Waals surface area contributed by atoms with E-state index in [9.17, 15) is 0 Å². The molecule has 0 amide bonds. The SMILES string of the molecule is COCOc1cc(-c2ncc3c(N4CCCCCN4)nc(SC)nc3c2F)c2c(C#[C][Tl]=[P+]=S)c(F)ccc2c1. The fraction of sp³-hybridized carbons (Fsp3) is 0.296. The zero-order valence-corrected chi connectivity index (χ0v) is 28.8. The summed E-state index contributed by atoms with van der Waals surface area (Å²) in [4.78, 5) is 13.8. The number of nitrogens with one attached hydrogen (secondary N) is 1. The fourth-order valence-electron chi connectivity index (χ4n) is 4.62. The van der Waals surface area contributed by atoms with Crippen molar-refractivity contribution in [1.82, 2.24) is 20.4 Å². The number of nitrogens with zero attached hydrogens (tertiary/aromatic N) is 4. The van der Waals surface area contributed by atoms with Crippen molar-refractivity contribution in [3.63, 3.8) is 0 Å². The van der Waals surface area contributed by atoms with Crippen LogP contribution in [0.25, 0.3) is 32.9 Å². The van der Waals surface area contributed by atoms with E-state index < -0.39 is 34.7 Å². The summed E-state index contributed by atoms with van der Waals surface area (Å²) in [6.07, 6.45) is 6.59. The van der Waals surface area contributed by atoms with Gasteiger partial charge in [0, 0.05) is 6.54 Å². The van der Waals surface area contributed by atoms with E-state index in [0.717, 1.165) is 36.4 Å². The predicted molar refractivity (Wildman–Crippen MR) is 161 cm³/mol. The number of fused-ring (bicyclic) bond motifs is 2. The average Bonchev–Trinajstić information content (AvgIpc) is 3.26. The molecule has 0 aliphatic carbocycles. The average molecular weight is 788 g/mol. The summed E-state index contributed by atoms with van der Waals surface area (Å²) < 4.78 is 46.5. The van der Waals surface area contributed by atoms with Crippen LogP contribution in [0.2, 0.25) is 0 Å². The Morgan fingerprint density at radius 1 is 1.23 bits per heavy atom. The van der Waals surface area contributed by atoms with Gasteiger partial charge in [-0.05, 0) is 12.8 Å². The number of ether oxygens (including phenoxy) is 2. The number of hydrogen-bond donors (Lipinski definition) is 1. The van der Waals surface area contributed by atoms with Crippen molar-refractivity contribution in [2.45, 2.75) is 24.4 Å². The van der Waals surface area contributed by atoms with Gasteiger partial charge in [-0.15, -0.1) is 0 Å². The number of halogens is 2. The van der Waals surface area contributed by atoms with Gasteiger partial charge in [0.15, 0.2) is 0 Å². The van der Waals surface area contributed by atoms with Crippen LogP contribution in [0, 0.1) is 21.0 Å². The van der Waals surface area contributed by atoms with E-state index in [1.165, 1.54) is 24.9 Å². The number of thioether (sulfide) groups is 1. The molecule has 4 aromatic rings. The molecule has 5 rings (SSSR count). The first-order valence-corrected chi connectivity index (χ1v) is 24.0. The first-order valence-electron chi connectivity index (χ1n) is 12.5. The van der Waals surface area contributed by atoms with Crippen LogP contribution in [0.3, 0.4) is 0 Å². The zero-order valence-electron chi connectivity index (χ0n) is 21.8. The molecule has 0 bridgehead atoms. The van der Waals surface area contributed by atoms with Gasteiger partial charge >= 0.3 is 228 Å². The van der Waals surface area contributed by atoms with Gasteiger partial charge in [-0.2, -0.15) is 0 Å². The molecule has 1 N–H and O–H groups in total. The minimum atomic E-state index is -1.49. The molecular formula is C27H24F2N5O2PS2Tl+. The predicted octanol–water partition coefficient (Wildman–Crippen LogP) is 5.66. The number of hydrazine groups is 1. The monoisotopic (exact) mass is 788 g/mol. The molecule has 3 heterocycles. The molecule has 0 radical (unpaired) electrons. The summed E-state index contributed by atoms with van der Waals surface area (Å²) in [5, 5.41) is 4.00. The van der Waals surface area contributed by atoms with Gasteiger partial charge < -0.3 is 0 Å². The third-order valence-electron chi connectivity index (χ3n) is 6.40. The van der Waals surface area contributed by atoms with Crippen LogP contribution in [0.15, 0.2) is 35.6 Å². The first-order chi connectivity index (χ1) is 19.5. The van der Waals surface area contributed by atoms with Crippen molar-refractivity contribution in [1.29, 1.82) is 0 Å². The number of benzene rings is 2. The quantitative estimate of drug-likeness (QED) is 0.0667. The molecule has 2 aromatic heterocycles. The summed E-state index contributed by atoms with van der Waals surface area (Å²) in [5.41, 5.74) is 4.12. The molecule has 202 valence electrons. The summed E-state index contributed by atoms with van der Waals surface area (Å²) in [7, 11) is 1.51. The second kappa shape index (κ2) is 13.8. The molecular weight excluding hydrogens is 764 g/mol. The standard InChI is InChI=1S/C27H24F2N5O2S.PS.Tl/c1-4-18-21(28)9-8-16-12-17(36-15-35-2)13-19(22(16)18)24-23(29)25-20(14-30-24)26(33-27(32-25)37-3)34-11-7-5-6-10-31-34;1-2;/h8-9,12-14,31H,5-7,10-11,15H2,2-3H3;;/q;-1;+2. The number of aromatic nitrogens is 3. The van der Waals surface area contributed by atoms with Gasteiger partial charge in [-0.3, -0.25) is 0 Å². The van der Waals surface area contributed by atoms with Gasteiger partial charge in [0.2, 0.25) is 0 Å². The Labute approximate surface area is 252 Å². The fourth-order valence-corrected chi connectivity index (χ4v) is 8.41. The second-order valence-electron chi connectivity index (χ2n) is 8.88. The molecule has 40 heavy (non-hydrogen) atoms. The number of anilines is 1. The van der Waals surface area contributed by atoms with Gasteiger partial charge in [0.1, 0.15) is 0 Å². The van der Waals surface area contributed by atoms with E-state index >= 15 is 8.78 Å². The Hall–Kier alpha value is -1.95. The van der Waals surface area contributed by atoms with Gasteiger partial charge in [0.25, 0.3) is 0 Å². The van der Waals surface area contributed by atoms with Crippen molar-refractivity contribution in [3.8, 4) is 26.4 Å². The van der Waals surface area contributed by atoms with Crippen molar-refractivity contribution in [2.75, 3.05) is 38.3 Å². The molecule has 13 heteroatoms. The van der Waals surface area contributed by atoms with E-state index in [1.54, 1.807) is 24.4 Å². The van der Waals surface area contributed by atoms with Gasteiger partial charge in [-0.25, -0.2) is 0 Å². The van der Waals surface area contributed by atoms with E-state index in [0.29, 0.717) is 38.4 Å². The van der Waals surface area contributed by atoms with Crippen molar-refractivity contribution < 1.29 is 18.3 Å². The molecule has 0 unspecified atom stereocenters. The number of methoxy groups -OCH3 is 1. The van der Waals surface area contributed by atoms with Crippen LogP contribution < -0.4 is 15.2 Å². The topological polar surface area (TPSA) is 72.4 Å². The summed E-state index contributed by atoms with van der Waals surface area (Å²) in [6, 6.07) is 6.39. The molecule has 0 saturated carbocycles. The Bertz CT molecular complexity index is 1700. The molecule has 0 atom stereocenters. The second-order valence-corrected chi connectivity index (χ2v) is 22.3. The molecule has 1 aliphatic rings. The van der Waals surface area contributed by atoms with Crippen LogP contribution in [0.1, 0.15) is 24.8 Å². The van der Waals surface area contributed by atoms with Crippen LogP contribution >= 0.6 is 15.8 Å². The van der Waals surface area contributed by atoms with Crippen LogP contribution in [0.5, 0.6) is 5.75 Å². The first kappa shape index (κ1) is 29.5. The van der Waals surface area contributed by atoms with Gasteiger partial charge in [0.05, 0.1) is 0 Å². The van der Waals surface area contributed by atoms with E-state index in [1.807, 2.05) is 11.3 Å². The normalized spacial score (nSPS) is 13.4. The number of pyridine rings is 1. The molecule has 1 fully saturated rings. The molecule has 1 aliphatic heterocycles. The van der Waals surface area contributed by atoms with Crippen molar-refractivity contribution in [2.24, 2.45) is 0 Å². The number of hydrogen-bond acceptors (Lipinski definition) is 9. The Morgan fingerprint density at radius 3 is 2.90 bits per heavy atom. The van der Waals surface area contributed by atoms with Crippen molar-refractivity contribution >= 4 is 78.2 Å². The Balaban J connectivity index is 1.79. The summed E-state index contributed by atoms with van der Waals surface area (Å²) in [6.45, 7) is 1.54. The maximum absolute atomic E-state index is 16.5. The third-order valence-corrected chi connectivity index (χ3v) is 13.2. The number of rotatable bonds is 6. The van der Waals surface area contributed by atoms with E-state index in [4.69, 9.17) is 26.3 Å². The third kappa shape index (κ3) is 6.27. The molecule has 2 aromatic carbocycles. The summed E-state index contributed by atoms with van der Waals surface area (Å²) >= 11 is 4.91. The van der Waals surface area contributed by atoms with Crippen LogP contribution in [-0.4, -0.2) is 71.3 Å². The van der Waals surface area contributed by atoms with E-state index in [-0.39, 0.29) is 23.6 Å². The van der Waals surface area contributed by atoms with Crippen LogP contribution in [0.4, 0.5) is 14.6 Å². The van der Waals surface area contributed by atoms with Crippen molar-refractivity contribution in [3.05, 3.63) is 47.7 Å². The molecule has 1 saturated heterocycles. The zero-order chi connectivity index (χ0) is 28.1.